The summed E-state index contributed by atoms with van der Waals surface area (Å²) in [7, 11) is 1.31. The van der Waals surface area contributed by atoms with Gasteiger partial charge in [-0.2, -0.15) is 0 Å². The first-order chi connectivity index (χ1) is 31.5. The Morgan fingerprint density at radius 3 is 1.77 bits per heavy atom. The van der Waals surface area contributed by atoms with E-state index in [-0.39, 0.29) is 47.6 Å². The van der Waals surface area contributed by atoms with Gasteiger partial charge in [-0.25, -0.2) is 24.5 Å². The molecule has 9 rings (SSSR count). The number of benzene rings is 2. The number of fused-ring (bicyclic) bond motifs is 1. The summed E-state index contributed by atoms with van der Waals surface area (Å²) >= 11 is 0. The number of hydrogen-bond acceptors (Lipinski definition) is 10. The van der Waals surface area contributed by atoms with Crippen molar-refractivity contribution in [2.24, 2.45) is 23.7 Å². The van der Waals surface area contributed by atoms with E-state index in [4.69, 9.17) is 29.2 Å². The Morgan fingerprint density at radius 1 is 0.677 bits per heavy atom. The SMILES string of the molecule is COC(=O)N[C@H](C(=O)N1C[C@@H](C)C[C@H]1c1nc(-c2ccc(-c3ccc4nc(-c5c[nH]c([C@@H]6C[C@H](C)CN6C(=O)[C@@H](NC(=O)O)C6CCOCC6)n5)ccc4c3)cc2)c[nH]1)C1CCOCC1. The lowest BCUT2D eigenvalue weighted by Crippen LogP contribution is -2.53. The summed E-state index contributed by atoms with van der Waals surface area (Å²) in [5, 5.41) is 15.9. The molecule has 0 unspecified atom stereocenters. The Morgan fingerprint density at radius 2 is 1.20 bits per heavy atom. The number of imidazole rings is 2. The van der Waals surface area contributed by atoms with Gasteiger partial charge in [-0.3, -0.25) is 9.59 Å². The number of pyridine rings is 1. The maximum Gasteiger partial charge on any atom is 0.407 e. The van der Waals surface area contributed by atoms with Crippen LogP contribution in [-0.2, 0) is 23.8 Å². The molecule has 5 N–H and O–H groups in total. The first-order valence-electron chi connectivity index (χ1n) is 22.8. The second kappa shape index (κ2) is 19.0. The molecule has 0 spiro atoms. The molecule has 4 saturated heterocycles. The average Bonchev–Trinajstić information content (AvgIpc) is 4.17. The third kappa shape index (κ3) is 9.43. The number of amides is 4. The highest BCUT2D eigenvalue weighted by molar-refractivity contribution is 5.88. The van der Waals surface area contributed by atoms with E-state index >= 15 is 0 Å². The van der Waals surface area contributed by atoms with Gasteiger partial charge in [0.1, 0.15) is 29.4 Å². The molecule has 65 heavy (non-hydrogen) atoms. The Balaban J connectivity index is 0.876. The van der Waals surface area contributed by atoms with Gasteiger partial charge in [0, 0.05) is 62.9 Å². The van der Waals surface area contributed by atoms with Crippen molar-refractivity contribution >= 4 is 34.9 Å². The van der Waals surface area contributed by atoms with Gasteiger partial charge in [0.05, 0.1) is 36.1 Å². The number of hydrogen-bond donors (Lipinski definition) is 5. The third-order valence-electron chi connectivity index (χ3n) is 13.6. The molecule has 7 heterocycles. The quantitative estimate of drug-likeness (QED) is 0.0939. The van der Waals surface area contributed by atoms with Crippen molar-refractivity contribution in [3.05, 3.63) is 78.6 Å². The lowest BCUT2D eigenvalue weighted by molar-refractivity contribution is -0.137. The molecule has 0 radical (unpaired) electrons. The van der Waals surface area contributed by atoms with E-state index in [1.165, 1.54) is 7.11 Å². The van der Waals surface area contributed by atoms with Crippen molar-refractivity contribution in [2.45, 2.75) is 76.5 Å². The predicted molar refractivity (Wildman–Crippen MR) is 240 cm³/mol. The standard InChI is InChI=1S/C48H57N9O8/c1-27-20-39(57(26-27)46(59)42(55-48(62)63-3)32-14-18-65-19-15-32)43-49-23-37(52-43)30-6-4-29(5-7-30)33-8-10-35-34(22-33)9-11-36(51-35)38-24-50-44(53-38)40-21-28(2)25-56(40)45(58)41(54-47(60)61)31-12-16-64-17-13-31/h4-11,22-24,27-28,31-32,39-42,54H,12-21,25-26H2,1-3H3,(H,49,52)(H,50,53)(H,55,62)(H,60,61)/t27-,28-,39-,40-,41-,42-/m0/s1. The summed E-state index contributed by atoms with van der Waals surface area (Å²) in [6.07, 6.45) is 5.94. The smallest absolute Gasteiger partial charge is 0.407 e. The van der Waals surface area contributed by atoms with Gasteiger partial charge < -0.3 is 49.7 Å². The predicted octanol–water partition coefficient (Wildman–Crippen LogP) is 6.72. The number of alkyl carbamates (subject to hydrolysis) is 1. The van der Waals surface area contributed by atoms with Gasteiger partial charge in [0.15, 0.2) is 0 Å². The number of ether oxygens (including phenoxy) is 3. The van der Waals surface area contributed by atoms with Crippen LogP contribution in [0.25, 0.3) is 44.7 Å². The molecule has 6 atom stereocenters. The monoisotopic (exact) mass is 887 g/mol. The van der Waals surface area contributed by atoms with Crippen LogP contribution in [0, 0.1) is 23.7 Å². The number of nitrogens with zero attached hydrogens (tertiary/aromatic N) is 5. The summed E-state index contributed by atoms with van der Waals surface area (Å²) in [6, 6.07) is 16.3. The number of likely N-dealkylation sites (tertiary alicyclic amines) is 2. The molecule has 2 aromatic carbocycles. The number of rotatable bonds is 11. The van der Waals surface area contributed by atoms with E-state index in [1.807, 2.05) is 47.6 Å². The minimum absolute atomic E-state index is 0.0438. The molecule has 17 heteroatoms. The average molecular weight is 888 g/mol. The second-order valence-corrected chi connectivity index (χ2v) is 18.2. The van der Waals surface area contributed by atoms with Gasteiger partial charge in [-0.05, 0) is 91.5 Å². The Hall–Kier alpha value is -6.33. The first kappa shape index (κ1) is 43.9. The van der Waals surface area contributed by atoms with E-state index in [9.17, 15) is 24.3 Å². The van der Waals surface area contributed by atoms with Crippen LogP contribution in [0.4, 0.5) is 9.59 Å². The molecule has 4 fully saturated rings. The van der Waals surface area contributed by atoms with E-state index in [0.29, 0.717) is 94.7 Å². The fourth-order valence-corrected chi connectivity index (χ4v) is 10.2. The molecular formula is C48H57N9O8. The zero-order chi connectivity index (χ0) is 45.2. The zero-order valence-electron chi connectivity index (χ0n) is 37.0. The summed E-state index contributed by atoms with van der Waals surface area (Å²) in [5.41, 5.74) is 5.96. The van der Waals surface area contributed by atoms with Gasteiger partial charge in [0.25, 0.3) is 0 Å². The third-order valence-corrected chi connectivity index (χ3v) is 13.6. The van der Waals surface area contributed by atoms with Crippen molar-refractivity contribution in [1.82, 2.24) is 45.4 Å². The van der Waals surface area contributed by atoms with Crippen molar-refractivity contribution in [1.29, 1.82) is 0 Å². The molecule has 0 aliphatic carbocycles. The lowest BCUT2D eigenvalue weighted by Gasteiger charge is -2.34. The Labute approximate surface area is 377 Å². The molecule has 4 aliphatic heterocycles. The van der Waals surface area contributed by atoms with Crippen LogP contribution in [0.3, 0.4) is 0 Å². The summed E-state index contributed by atoms with van der Waals surface area (Å²) in [4.78, 5) is 77.4. The highest BCUT2D eigenvalue weighted by atomic mass is 16.5. The van der Waals surface area contributed by atoms with E-state index in [0.717, 1.165) is 39.7 Å². The molecule has 5 aromatic rings. The van der Waals surface area contributed by atoms with Crippen LogP contribution in [0.1, 0.15) is 76.1 Å². The normalized spacial score (nSPS) is 22.8. The molecule has 4 amide bonds. The summed E-state index contributed by atoms with van der Waals surface area (Å²) < 4.78 is 15.9. The van der Waals surface area contributed by atoms with Crippen LogP contribution < -0.4 is 10.6 Å². The molecule has 17 nitrogen and oxygen atoms in total. The number of nitrogens with one attached hydrogen (secondary N) is 4. The maximum atomic E-state index is 14.1. The van der Waals surface area contributed by atoms with Crippen molar-refractivity contribution in [3.63, 3.8) is 0 Å². The van der Waals surface area contributed by atoms with E-state index < -0.39 is 24.3 Å². The van der Waals surface area contributed by atoms with Gasteiger partial charge >= 0.3 is 12.2 Å². The van der Waals surface area contributed by atoms with Crippen LogP contribution in [-0.4, -0.2) is 123 Å². The fourth-order valence-electron chi connectivity index (χ4n) is 10.2. The Bertz CT molecular complexity index is 2510. The van der Waals surface area contributed by atoms with Crippen LogP contribution >= 0.6 is 0 Å². The minimum atomic E-state index is -1.21. The van der Waals surface area contributed by atoms with E-state index in [1.54, 1.807) is 4.90 Å². The number of aromatic nitrogens is 5. The van der Waals surface area contributed by atoms with Crippen LogP contribution in [0.15, 0.2) is 67.0 Å². The topological polar surface area (TPSA) is 217 Å². The molecule has 4 aliphatic rings. The van der Waals surface area contributed by atoms with Crippen LogP contribution in [0.5, 0.6) is 0 Å². The number of H-pyrrole nitrogens is 2. The Kier molecular flexibility index (Phi) is 12.8. The molecule has 3 aromatic heterocycles. The zero-order valence-corrected chi connectivity index (χ0v) is 37.0. The molecular weight excluding hydrogens is 831 g/mol. The molecule has 342 valence electrons. The van der Waals surface area contributed by atoms with Gasteiger partial charge in [0.2, 0.25) is 11.8 Å². The molecule has 0 bridgehead atoms. The number of carboxylic acid groups (broad SMARTS) is 1. The lowest BCUT2D eigenvalue weighted by atomic mass is 9.90. The minimum Gasteiger partial charge on any atom is -0.465 e. The molecule has 0 saturated carbocycles. The van der Waals surface area contributed by atoms with Crippen molar-refractivity contribution in [3.8, 4) is 33.8 Å². The van der Waals surface area contributed by atoms with Gasteiger partial charge in [-0.1, -0.05) is 50.2 Å². The fraction of sp³-hybridized carbons (Fsp3) is 0.479. The van der Waals surface area contributed by atoms with Crippen molar-refractivity contribution < 1.29 is 38.5 Å². The summed E-state index contributed by atoms with van der Waals surface area (Å²) in [6.45, 7) is 7.42. The van der Waals surface area contributed by atoms with E-state index in [2.05, 4.69) is 58.7 Å². The largest absolute Gasteiger partial charge is 0.465 e. The highest BCUT2D eigenvalue weighted by Crippen LogP contribution is 2.39. The summed E-state index contributed by atoms with van der Waals surface area (Å²) in [5.74, 6) is 1.33. The second-order valence-electron chi connectivity index (χ2n) is 18.2. The highest BCUT2D eigenvalue weighted by Gasteiger charge is 2.43. The number of aromatic amines is 2. The van der Waals surface area contributed by atoms with Crippen LogP contribution in [0.2, 0.25) is 0 Å². The first-order valence-corrected chi connectivity index (χ1v) is 22.8. The number of carbonyl (C=O) groups is 4. The van der Waals surface area contributed by atoms with Gasteiger partial charge in [-0.15, -0.1) is 0 Å². The number of methoxy groups -OCH3 is 1. The maximum absolute atomic E-state index is 14.1. The van der Waals surface area contributed by atoms with Crippen molar-refractivity contribution in [2.75, 3.05) is 46.6 Å². The number of carbonyl (C=O) groups excluding carboxylic acids is 3.